The van der Waals surface area contributed by atoms with Crippen LogP contribution in [0.4, 0.5) is 5.95 Å². The van der Waals surface area contributed by atoms with E-state index < -0.39 is 42.5 Å². The van der Waals surface area contributed by atoms with Crippen molar-refractivity contribution >= 4 is 41.1 Å². The Hall–Kier alpha value is -4.58. The van der Waals surface area contributed by atoms with Gasteiger partial charge >= 0.3 is 6.80 Å². The molecule has 5 heterocycles. The van der Waals surface area contributed by atoms with E-state index in [1.165, 1.54) is 17.7 Å². The molecule has 0 spiro atoms. The number of benzene rings is 3. The average molecular weight is 901 g/mol. The monoisotopic (exact) mass is 900 g/mol. The van der Waals surface area contributed by atoms with E-state index in [1.54, 1.807) is 25.9 Å². The number of aromatic nitrogens is 4. The fourth-order valence-electron chi connectivity index (χ4n) is 8.99. The highest BCUT2D eigenvalue weighted by atomic mass is 32.7. The summed E-state index contributed by atoms with van der Waals surface area (Å²) in [6, 6.07) is 25.4. The zero-order valence-electron chi connectivity index (χ0n) is 35.8. The Morgan fingerprint density at radius 1 is 0.905 bits per heavy atom. The number of methoxy groups -OCH3 is 3. The third-order valence-electron chi connectivity index (χ3n) is 12.2. The molecule has 3 aliphatic heterocycles. The standard InChI is InChI=1S/C45H53N6O10PS/c1-50-24-10-15-37(50)47-44-48-41-38(42(52)49-44)46-28-51(41)43-40(57-26-25-54-2)39(61-62(53)60-34-13-8-9-14-36(34)63-62)35(59-43)27-58-45(29-11-6-5-7-12-29,30-16-20-32(55-3)21-17-30)31-18-22-33(56-4)23-19-31/h5-7,11-12,16-23,28,34-36,39-40,43H,8-10,13-15,24-27H2,1-4H3,(H,48,49,52)/b47-37+/t34-,35-,36-,39-,40-,43-,62?/m1/s1. The molecule has 1 aliphatic carbocycles. The third-order valence-corrected chi connectivity index (χ3v) is 16.4. The summed E-state index contributed by atoms with van der Waals surface area (Å²) in [5, 5.41) is 0.0496. The van der Waals surface area contributed by atoms with Gasteiger partial charge in [0.2, 0.25) is 5.95 Å². The van der Waals surface area contributed by atoms with Crippen LogP contribution in [0.3, 0.4) is 0 Å². The second kappa shape index (κ2) is 18.9. The molecule has 63 heavy (non-hydrogen) atoms. The molecule has 7 atom stereocenters. The second-order valence-electron chi connectivity index (χ2n) is 16.1. The molecule has 16 nitrogen and oxygen atoms in total. The lowest BCUT2D eigenvalue weighted by atomic mass is 9.80. The molecule has 4 aliphatic rings. The SMILES string of the molecule is COCCO[C@@H]1[C@H](OP2(=O)O[C@@H]3CCCC[C@H]3S2)[C@@H](COC(c2ccccc2)(c2ccc(OC)cc2)c2ccc(OC)cc2)O[C@H]1n1cnc2c(=O)[nH]c(/N=C3\CCCN3C)nc21. The molecule has 334 valence electrons. The number of nitrogens with zero attached hydrogens (tertiary/aromatic N) is 5. The van der Waals surface area contributed by atoms with Gasteiger partial charge in [-0.3, -0.25) is 23.4 Å². The summed E-state index contributed by atoms with van der Waals surface area (Å²) < 4.78 is 67.2. The number of imidazole rings is 1. The first kappa shape index (κ1) is 43.7. The number of fused-ring (bicyclic) bond motifs is 2. The number of hydrogen-bond donors (Lipinski definition) is 1. The molecular weight excluding hydrogens is 848 g/mol. The summed E-state index contributed by atoms with van der Waals surface area (Å²) in [6.07, 6.45) is 2.95. The highest BCUT2D eigenvalue weighted by molar-refractivity contribution is 8.55. The van der Waals surface area contributed by atoms with E-state index in [0.717, 1.165) is 67.6 Å². The normalized spacial score (nSPS) is 26.7. The van der Waals surface area contributed by atoms with Crippen LogP contribution >= 0.6 is 18.2 Å². The molecule has 2 aromatic heterocycles. The van der Waals surface area contributed by atoms with Gasteiger partial charge in [-0.2, -0.15) is 9.98 Å². The number of nitrogens with one attached hydrogen (secondary N) is 1. The molecule has 0 radical (unpaired) electrons. The van der Waals surface area contributed by atoms with Gasteiger partial charge in [-0.05, 0) is 71.6 Å². The second-order valence-corrected chi connectivity index (χ2v) is 20.2. The van der Waals surface area contributed by atoms with Gasteiger partial charge < -0.3 is 33.3 Å². The van der Waals surface area contributed by atoms with E-state index in [0.29, 0.717) is 11.5 Å². The number of hydrogen-bond acceptors (Lipinski definition) is 14. The largest absolute Gasteiger partial charge is 0.497 e. The molecule has 1 N–H and O–H groups in total. The number of H-pyrrole nitrogens is 1. The van der Waals surface area contributed by atoms with Gasteiger partial charge in [0.15, 0.2) is 17.4 Å². The first-order valence-electron chi connectivity index (χ1n) is 21.4. The Labute approximate surface area is 369 Å². The van der Waals surface area contributed by atoms with Crippen molar-refractivity contribution in [2.75, 3.05) is 54.7 Å². The molecule has 1 saturated carbocycles. The van der Waals surface area contributed by atoms with Crippen LogP contribution in [0.5, 0.6) is 11.5 Å². The molecule has 3 saturated heterocycles. The number of aliphatic imine (C=N–C) groups is 1. The Bertz CT molecular complexity index is 2420. The topological polar surface area (TPSA) is 170 Å². The fraction of sp³-hybridized carbons (Fsp3) is 0.467. The van der Waals surface area contributed by atoms with Crippen LogP contribution in [0.1, 0.15) is 61.4 Å². The van der Waals surface area contributed by atoms with Crippen molar-refractivity contribution in [3.8, 4) is 11.5 Å². The molecule has 3 aromatic carbocycles. The summed E-state index contributed by atoms with van der Waals surface area (Å²) >= 11 is 1.27. The van der Waals surface area contributed by atoms with Crippen molar-refractivity contribution in [3.63, 3.8) is 0 Å². The van der Waals surface area contributed by atoms with Gasteiger partial charge in [0.1, 0.15) is 41.2 Å². The Morgan fingerprint density at radius 2 is 1.60 bits per heavy atom. The predicted octanol–water partition coefficient (Wildman–Crippen LogP) is 7.40. The minimum atomic E-state index is -3.76. The van der Waals surface area contributed by atoms with Gasteiger partial charge in [0.25, 0.3) is 5.56 Å². The van der Waals surface area contributed by atoms with Crippen molar-refractivity contribution < 1.29 is 42.0 Å². The summed E-state index contributed by atoms with van der Waals surface area (Å²) in [5.41, 5.74) is 1.16. The number of rotatable bonds is 16. The van der Waals surface area contributed by atoms with E-state index in [1.807, 2.05) is 90.8 Å². The lowest BCUT2D eigenvalue weighted by molar-refractivity contribution is -0.0966. The Balaban J connectivity index is 1.15. The fourth-order valence-corrected chi connectivity index (χ4v) is 13.9. The number of likely N-dealkylation sites (tertiary alicyclic amines) is 1. The van der Waals surface area contributed by atoms with Crippen molar-refractivity contribution in [1.82, 2.24) is 24.4 Å². The van der Waals surface area contributed by atoms with Gasteiger partial charge in [0.05, 0.1) is 46.5 Å². The van der Waals surface area contributed by atoms with Crippen molar-refractivity contribution in [2.24, 2.45) is 4.99 Å². The summed E-state index contributed by atoms with van der Waals surface area (Å²) in [5.74, 6) is 2.34. The zero-order chi connectivity index (χ0) is 43.6. The molecular formula is C45H53N6O10PS. The van der Waals surface area contributed by atoms with Gasteiger partial charge in [0, 0.05) is 32.4 Å². The average Bonchev–Trinajstić information content (AvgIpc) is 4.09. The van der Waals surface area contributed by atoms with Crippen molar-refractivity contribution in [3.05, 3.63) is 112 Å². The van der Waals surface area contributed by atoms with Crippen LogP contribution in [-0.2, 0) is 38.2 Å². The van der Waals surface area contributed by atoms with Crippen LogP contribution in [0, 0.1) is 0 Å². The number of aromatic amines is 1. The first-order valence-corrected chi connectivity index (χ1v) is 24.4. The molecule has 5 aromatic rings. The van der Waals surface area contributed by atoms with E-state index in [9.17, 15) is 9.36 Å². The van der Waals surface area contributed by atoms with Gasteiger partial charge in [-0.15, -0.1) is 0 Å². The molecule has 0 amide bonds. The van der Waals surface area contributed by atoms with Crippen molar-refractivity contribution in [1.29, 1.82) is 0 Å². The smallest absolute Gasteiger partial charge is 0.390 e. The van der Waals surface area contributed by atoms with Gasteiger partial charge in [-0.1, -0.05) is 67.4 Å². The van der Waals surface area contributed by atoms with Crippen LogP contribution in [-0.4, -0.2) is 115 Å². The lowest BCUT2D eigenvalue weighted by Gasteiger charge is -2.37. The minimum absolute atomic E-state index is 0.0496. The maximum absolute atomic E-state index is 14.9. The molecule has 0 bridgehead atoms. The van der Waals surface area contributed by atoms with Gasteiger partial charge in [-0.25, -0.2) is 9.55 Å². The third kappa shape index (κ3) is 8.82. The highest BCUT2D eigenvalue weighted by Crippen LogP contribution is 2.72. The van der Waals surface area contributed by atoms with E-state index in [4.69, 9.17) is 47.4 Å². The predicted molar refractivity (Wildman–Crippen MR) is 238 cm³/mol. The van der Waals surface area contributed by atoms with E-state index in [-0.39, 0.29) is 48.3 Å². The first-order chi connectivity index (χ1) is 30.7. The van der Waals surface area contributed by atoms with E-state index in [2.05, 4.69) is 9.97 Å². The Kier molecular flexibility index (Phi) is 13.1. The Morgan fingerprint density at radius 3 is 2.25 bits per heavy atom. The zero-order valence-corrected chi connectivity index (χ0v) is 37.5. The quantitative estimate of drug-likeness (QED) is 0.0591. The summed E-state index contributed by atoms with van der Waals surface area (Å²) in [6.45, 7) is -2.58. The van der Waals surface area contributed by atoms with Crippen molar-refractivity contribution in [2.45, 2.75) is 80.0 Å². The van der Waals surface area contributed by atoms with Crippen LogP contribution in [0.15, 0.2) is 95.0 Å². The summed E-state index contributed by atoms with van der Waals surface area (Å²) in [7, 11) is 6.81. The summed E-state index contributed by atoms with van der Waals surface area (Å²) in [4.78, 5) is 32.4. The molecule has 4 fully saturated rings. The molecule has 18 heteroatoms. The maximum atomic E-state index is 14.9. The molecule has 9 rings (SSSR count). The number of amidine groups is 1. The lowest BCUT2D eigenvalue weighted by Crippen LogP contribution is -2.41. The van der Waals surface area contributed by atoms with Crippen LogP contribution < -0.4 is 15.0 Å². The van der Waals surface area contributed by atoms with Crippen LogP contribution in [0.25, 0.3) is 11.2 Å². The molecule has 1 unspecified atom stereocenters. The van der Waals surface area contributed by atoms with E-state index >= 15 is 0 Å². The van der Waals surface area contributed by atoms with Crippen LogP contribution in [0.2, 0.25) is 0 Å². The maximum Gasteiger partial charge on any atom is 0.390 e. The minimum Gasteiger partial charge on any atom is -0.497 e. The number of ether oxygens (including phenoxy) is 6. The highest BCUT2D eigenvalue weighted by Gasteiger charge is 2.55.